The zero-order valence-corrected chi connectivity index (χ0v) is 10.6. The first kappa shape index (κ1) is 12.6. The molecule has 0 aliphatic rings. The lowest BCUT2D eigenvalue weighted by atomic mass is 10.2. The summed E-state index contributed by atoms with van der Waals surface area (Å²) in [7, 11) is 0. The molecule has 0 fully saturated rings. The highest BCUT2D eigenvalue weighted by molar-refractivity contribution is 7.80. The van der Waals surface area contributed by atoms with Crippen LogP contribution in [-0.4, -0.2) is 21.5 Å². The zero-order valence-electron chi connectivity index (χ0n) is 8.77. The maximum atomic E-state index is 4.05. The Balaban J connectivity index is 2.31. The molecule has 0 aliphatic heterocycles. The normalized spacial score (nSPS) is 10.3. The summed E-state index contributed by atoms with van der Waals surface area (Å²) in [5, 5.41) is 3.91. The molecule has 1 aromatic rings. The van der Waals surface area contributed by atoms with Crippen LogP contribution in [0.5, 0.6) is 0 Å². The fraction of sp³-hybridized carbons (Fsp3) is 0.667. The van der Waals surface area contributed by atoms with Crippen LogP contribution in [0, 0.1) is 0 Å². The number of hydrogen-bond acceptors (Lipinski definition) is 6. The molecule has 0 saturated heterocycles. The third-order valence-corrected chi connectivity index (χ3v) is 2.33. The largest absolute Gasteiger partial charge is 0.354 e. The Morgan fingerprint density at radius 1 is 1.00 bits per heavy atom. The number of hydrogen-bond donors (Lipinski definition) is 3. The van der Waals surface area contributed by atoms with Crippen LogP contribution < -0.4 is 5.32 Å². The minimum Gasteiger partial charge on any atom is -0.354 e. The first-order valence-electron chi connectivity index (χ1n) is 5.10. The van der Waals surface area contributed by atoms with Gasteiger partial charge < -0.3 is 5.32 Å². The summed E-state index contributed by atoms with van der Waals surface area (Å²) in [6.45, 7) is 3.07. The predicted molar refractivity (Wildman–Crippen MR) is 67.0 cm³/mol. The van der Waals surface area contributed by atoms with Gasteiger partial charge in [-0.25, -0.2) is 0 Å². The van der Waals surface area contributed by atoms with Gasteiger partial charge in [-0.1, -0.05) is 26.2 Å². The summed E-state index contributed by atoms with van der Waals surface area (Å²) in [6, 6.07) is 0. The molecule has 0 atom stereocenters. The Labute approximate surface area is 101 Å². The lowest BCUT2D eigenvalue weighted by molar-refractivity contribution is 0.680. The van der Waals surface area contributed by atoms with Crippen molar-refractivity contribution in [3.05, 3.63) is 0 Å². The molecule has 0 bridgehead atoms. The van der Waals surface area contributed by atoms with E-state index in [1.807, 2.05) is 0 Å². The van der Waals surface area contributed by atoms with Gasteiger partial charge in [0, 0.05) is 6.54 Å². The van der Waals surface area contributed by atoms with Gasteiger partial charge in [0.15, 0.2) is 10.3 Å². The number of unbranched alkanes of at least 4 members (excludes halogenated alkanes) is 3. The Hall–Kier alpha value is -0.490. The third kappa shape index (κ3) is 5.22. The number of aromatic nitrogens is 3. The number of thiol groups is 2. The van der Waals surface area contributed by atoms with Crippen LogP contribution in [0.15, 0.2) is 10.3 Å². The summed E-state index contributed by atoms with van der Waals surface area (Å²) in [4.78, 5) is 11.9. The van der Waals surface area contributed by atoms with Crippen LogP contribution in [0.3, 0.4) is 0 Å². The van der Waals surface area contributed by atoms with Gasteiger partial charge in [-0.15, -0.1) is 25.3 Å². The Bertz CT molecular complexity index is 286. The van der Waals surface area contributed by atoms with Crippen LogP contribution in [0.2, 0.25) is 0 Å². The molecule has 0 aliphatic carbocycles. The van der Waals surface area contributed by atoms with E-state index in [1.165, 1.54) is 19.3 Å². The molecule has 0 aromatic carbocycles. The van der Waals surface area contributed by atoms with Gasteiger partial charge in [-0.05, 0) is 6.42 Å². The maximum absolute atomic E-state index is 4.05. The summed E-state index contributed by atoms with van der Waals surface area (Å²) < 4.78 is 0. The first-order chi connectivity index (χ1) is 7.22. The molecule has 0 unspecified atom stereocenters. The van der Waals surface area contributed by atoms with Gasteiger partial charge in [0.25, 0.3) is 0 Å². The SMILES string of the molecule is CCCCCCNc1nc(S)nc(S)n1. The summed E-state index contributed by atoms with van der Waals surface area (Å²) in [5.74, 6) is 0.552. The highest BCUT2D eigenvalue weighted by atomic mass is 32.1. The van der Waals surface area contributed by atoms with E-state index in [2.05, 4.69) is 52.5 Å². The minimum absolute atomic E-state index is 0.394. The smallest absolute Gasteiger partial charge is 0.227 e. The van der Waals surface area contributed by atoms with Crippen LogP contribution in [0.4, 0.5) is 5.95 Å². The summed E-state index contributed by atoms with van der Waals surface area (Å²) >= 11 is 8.10. The Morgan fingerprint density at radius 2 is 1.67 bits per heavy atom. The lowest BCUT2D eigenvalue weighted by Crippen LogP contribution is -2.06. The lowest BCUT2D eigenvalue weighted by Gasteiger charge is -2.04. The monoisotopic (exact) mass is 244 g/mol. The van der Waals surface area contributed by atoms with Crippen molar-refractivity contribution in [1.82, 2.24) is 15.0 Å². The van der Waals surface area contributed by atoms with Gasteiger partial charge in [0.1, 0.15) is 0 Å². The van der Waals surface area contributed by atoms with Crippen molar-refractivity contribution in [2.45, 2.75) is 42.9 Å². The number of nitrogens with zero attached hydrogens (tertiary/aromatic N) is 3. The van der Waals surface area contributed by atoms with E-state index in [4.69, 9.17) is 0 Å². The Kier molecular flexibility index (Phi) is 5.78. The van der Waals surface area contributed by atoms with Crippen LogP contribution in [0.1, 0.15) is 32.6 Å². The first-order valence-corrected chi connectivity index (χ1v) is 5.99. The minimum atomic E-state index is 0.394. The molecule has 84 valence electrons. The molecule has 0 spiro atoms. The topological polar surface area (TPSA) is 50.7 Å². The molecule has 0 amide bonds. The maximum Gasteiger partial charge on any atom is 0.227 e. The average Bonchev–Trinajstić information content (AvgIpc) is 2.16. The number of rotatable bonds is 6. The second-order valence-corrected chi connectivity index (χ2v) is 4.05. The molecule has 15 heavy (non-hydrogen) atoms. The molecule has 1 rings (SSSR count). The van der Waals surface area contributed by atoms with Crippen molar-refractivity contribution >= 4 is 31.2 Å². The van der Waals surface area contributed by atoms with Crippen LogP contribution in [0.25, 0.3) is 0 Å². The van der Waals surface area contributed by atoms with E-state index < -0.39 is 0 Å². The van der Waals surface area contributed by atoms with E-state index in [0.29, 0.717) is 16.3 Å². The van der Waals surface area contributed by atoms with Crippen molar-refractivity contribution in [3.8, 4) is 0 Å². The van der Waals surface area contributed by atoms with E-state index >= 15 is 0 Å². The highest BCUT2D eigenvalue weighted by Gasteiger charge is 1.99. The van der Waals surface area contributed by atoms with Gasteiger partial charge >= 0.3 is 0 Å². The fourth-order valence-corrected chi connectivity index (χ4v) is 1.64. The van der Waals surface area contributed by atoms with Gasteiger partial charge in [-0.2, -0.15) is 15.0 Å². The average molecular weight is 244 g/mol. The zero-order chi connectivity index (χ0) is 11.1. The number of anilines is 1. The van der Waals surface area contributed by atoms with E-state index in [9.17, 15) is 0 Å². The van der Waals surface area contributed by atoms with Gasteiger partial charge in [0.2, 0.25) is 5.95 Å². The predicted octanol–water partition coefficient (Wildman–Crippen LogP) is 2.44. The highest BCUT2D eigenvalue weighted by Crippen LogP contribution is 2.07. The van der Waals surface area contributed by atoms with E-state index in [-0.39, 0.29) is 0 Å². The van der Waals surface area contributed by atoms with Crippen molar-refractivity contribution in [2.24, 2.45) is 0 Å². The van der Waals surface area contributed by atoms with Crippen molar-refractivity contribution < 1.29 is 0 Å². The molecular weight excluding hydrogens is 228 g/mol. The fourth-order valence-electron chi connectivity index (χ4n) is 1.18. The number of nitrogens with one attached hydrogen (secondary N) is 1. The summed E-state index contributed by atoms with van der Waals surface area (Å²) in [5.41, 5.74) is 0. The summed E-state index contributed by atoms with van der Waals surface area (Å²) in [6.07, 6.45) is 4.88. The van der Waals surface area contributed by atoms with Gasteiger partial charge in [-0.3, -0.25) is 0 Å². The van der Waals surface area contributed by atoms with Crippen LogP contribution >= 0.6 is 25.3 Å². The van der Waals surface area contributed by atoms with Gasteiger partial charge in [0.05, 0.1) is 0 Å². The molecule has 6 heteroatoms. The molecule has 1 N–H and O–H groups in total. The molecule has 1 heterocycles. The second kappa shape index (κ2) is 6.90. The third-order valence-electron chi connectivity index (χ3n) is 1.93. The molecule has 0 radical (unpaired) electrons. The van der Waals surface area contributed by atoms with Crippen LogP contribution in [-0.2, 0) is 0 Å². The van der Waals surface area contributed by atoms with E-state index in [1.54, 1.807) is 0 Å². The standard InChI is InChI=1S/C9H16N4S2/c1-2-3-4-5-6-10-7-11-8(14)13-9(15)12-7/h2-6H2,1H3,(H3,10,11,12,13,14,15). The van der Waals surface area contributed by atoms with E-state index in [0.717, 1.165) is 13.0 Å². The van der Waals surface area contributed by atoms with Crippen molar-refractivity contribution in [1.29, 1.82) is 0 Å². The second-order valence-electron chi connectivity index (χ2n) is 3.25. The van der Waals surface area contributed by atoms with Crippen molar-refractivity contribution in [2.75, 3.05) is 11.9 Å². The molecule has 0 saturated carbocycles. The molecule has 1 aromatic heterocycles. The molecule has 4 nitrogen and oxygen atoms in total. The van der Waals surface area contributed by atoms with Crippen molar-refractivity contribution in [3.63, 3.8) is 0 Å². The quantitative estimate of drug-likeness (QED) is 0.531. The molecular formula is C9H16N4S2. The Morgan fingerprint density at radius 3 is 2.27 bits per heavy atom.